The molecule has 0 saturated heterocycles. The quantitative estimate of drug-likeness (QED) is 0.214. The molecule has 3 rings (SSSR count). The Morgan fingerprint density at radius 3 is 2.33 bits per heavy atom. The molecule has 0 bridgehead atoms. The largest absolute Gasteiger partial charge is 0.318 e. The molecule has 5 nitrogen and oxygen atoms in total. The van der Waals surface area contributed by atoms with E-state index in [-0.39, 0.29) is 5.69 Å². The van der Waals surface area contributed by atoms with Gasteiger partial charge in [-0.3, -0.25) is 10.1 Å². The van der Waals surface area contributed by atoms with Crippen LogP contribution in [0.4, 0.5) is 5.69 Å². The van der Waals surface area contributed by atoms with Gasteiger partial charge in [0.2, 0.25) is 0 Å². The summed E-state index contributed by atoms with van der Waals surface area (Å²) in [5.74, 6) is 0. The molecule has 134 valence electrons. The normalized spacial score (nSPS) is 11.3. The van der Waals surface area contributed by atoms with Crippen molar-refractivity contribution in [1.29, 1.82) is 5.26 Å². The Bertz CT molecular complexity index is 1070. The molecule has 0 aliphatic rings. The number of hydrogen-bond acceptors (Lipinski definition) is 3. The zero-order valence-corrected chi connectivity index (χ0v) is 17.0. The topological polar surface area (TPSA) is 71.9 Å². The summed E-state index contributed by atoms with van der Waals surface area (Å²) in [5.41, 5.74) is 5.24. The number of benzene rings is 2. The highest BCUT2D eigenvalue weighted by molar-refractivity contribution is 14.1. The van der Waals surface area contributed by atoms with E-state index in [1.165, 1.54) is 15.7 Å². The summed E-state index contributed by atoms with van der Waals surface area (Å²) in [6, 6.07) is 18.5. The van der Waals surface area contributed by atoms with Crippen molar-refractivity contribution >= 4 is 39.9 Å². The maximum absolute atomic E-state index is 10.8. The predicted molar refractivity (Wildman–Crippen MR) is 115 cm³/mol. The third-order valence-electron chi connectivity index (χ3n) is 4.36. The summed E-state index contributed by atoms with van der Waals surface area (Å²) in [6.45, 7) is 4.04. The van der Waals surface area contributed by atoms with Crippen molar-refractivity contribution in [2.24, 2.45) is 0 Å². The molecule has 0 aliphatic heterocycles. The minimum Gasteiger partial charge on any atom is -0.318 e. The lowest BCUT2D eigenvalue weighted by Crippen LogP contribution is -1.98. The van der Waals surface area contributed by atoms with Crippen LogP contribution in [0.5, 0.6) is 0 Å². The lowest BCUT2D eigenvalue weighted by Gasteiger charge is -2.09. The fraction of sp³-hybridized carbons (Fsp3) is 0.0952. The van der Waals surface area contributed by atoms with Gasteiger partial charge in [0.15, 0.2) is 0 Å². The molecule has 0 atom stereocenters. The van der Waals surface area contributed by atoms with Crippen molar-refractivity contribution in [1.82, 2.24) is 4.57 Å². The molecule has 0 aliphatic carbocycles. The van der Waals surface area contributed by atoms with E-state index in [1.54, 1.807) is 12.1 Å². The van der Waals surface area contributed by atoms with Crippen molar-refractivity contribution in [3.05, 3.63) is 90.8 Å². The first-order chi connectivity index (χ1) is 12.9. The van der Waals surface area contributed by atoms with Crippen LogP contribution in [0.2, 0.25) is 0 Å². The zero-order chi connectivity index (χ0) is 19.6. The number of nitrogens with zero attached hydrogens (tertiary/aromatic N) is 3. The molecule has 27 heavy (non-hydrogen) atoms. The minimum absolute atomic E-state index is 0.00734. The Kier molecular flexibility index (Phi) is 5.42. The van der Waals surface area contributed by atoms with E-state index in [2.05, 4.69) is 57.5 Å². The summed E-state index contributed by atoms with van der Waals surface area (Å²) in [6.07, 6.45) is 1.83. The number of nitriles is 1. The lowest BCUT2D eigenvalue weighted by molar-refractivity contribution is -0.384. The maximum atomic E-state index is 10.8. The molecule has 1 aromatic heterocycles. The Morgan fingerprint density at radius 2 is 1.78 bits per heavy atom. The van der Waals surface area contributed by atoms with Gasteiger partial charge < -0.3 is 4.57 Å². The van der Waals surface area contributed by atoms with Crippen LogP contribution >= 0.6 is 22.6 Å². The Balaban J connectivity index is 2.03. The number of aryl methyl sites for hydroxylation is 1. The average molecular weight is 469 g/mol. The van der Waals surface area contributed by atoms with Gasteiger partial charge in [-0.25, -0.2) is 0 Å². The molecule has 0 fully saturated rings. The van der Waals surface area contributed by atoms with E-state index in [0.29, 0.717) is 11.1 Å². The molecule has 0 radical (unpaired) electrons. The monoisotopic (exact) mass is 469 g/mol. The number of nitro groups is 1. The standard InChI is InChI=1S/C21H16IN3O2/c1-14-11-17(15(2)24(14)20-9-5-19(22)6-10-20)12-18(13-23)16-3-7-21(8-4-16)25(26)27/h3-12H,1-2H3/b18-12+. The van der Waals surface area contributed by atoms with Crippen molar-refractivity contribution < 1.29 is 4.92 Å². The highest BCUT2D eigenvalue weighted by Crippen LogP contribution is 2.26. The first kappa shape index (κ1) is 18.9. The second kappa shape index (κ2) is 7.76. The second-order valence-electron chi connectivity index (χ2n) is 6.11. The molecular formula is C21H16IN3O2. The van der Waals surface area contributed by atoms with Crippen LogP contribution < -0.4 is 0 Å². The summed E-state index contributed by atoms with van der Waals surface area (Å²) >= 11 is 2.28. The molecule has 0 spiro atoms. The second-order valence-corrected chi connectivity index (χ2v) is 7.36. The van der Waals surface area contributed by atoms with E-state index in [4.69, 9.17) is 0 Å². The van der Waals surface area contributed by atoms with Gasteiger partial charge >= 0.3 is 0 Å². The van der Waals surface area contributed by atoms with Crippen LogP contribution in [0, 0.1) is 38.9 Å². The number of aromatic nitrogens is 1. The fourth-order valence-electron chi connectivity index (χ4n) is 3.02. The Morgan fingerprint density at radius 1 is 1.15 bits per heavy atom. The van der Waals surface area contributed by atoms with E-state index in [9.17, 15) is 15.4 Å². The summed E-state index contributed by atoms with van der Waals surface area (Å²) in [5, 5.41) is 20.4. The zero-order valence-electron chi connectivity index (χ0n) is 14.8. The number of rotatable bonds is 4. The average Bonchev–Trinajstić information content (AvgIpc) is 2.94. The minimum atomic E-state index is -0.450. The van der Waals surface area contributed by atoms with E-state index >= 15 is 0 Å². The number of allylic oxidation sites excluding steroid dienone is 1. The summed E-state index contributed by atoms with van der Waals surface area (Å²) in [7, 11) is 0. The number of hydrogen-bond donors (Lipinski definition) is 0. The van der Waals surface area contributed by atoms with Crippen LogP contribution in [-0.4, -0.2) is 9.49 Å². The Hall–Kier alpha value is -2.92. The lowest BCUT2D eigenvalue weighted by atomic mass is 10.0. The van der Waals surface area contributed by atoms with Crippen LogP contribution in [0.25, 0.3) is 17.3 Å². The third kappa shape index (κ3) is 3.93. The number of halogens is 1. The first-order valence-corrected chi connectivity index (χ1v) is 9.30. The maximum Gasteiger partial charge on any atom is 0.269 e. The first-order valence-electron chi connectivity index (χ1n) is 8.22. The number of non-ortho nitro benzene ring substituents is 1. The van der Waals surface area contributed by atoms with Crippen molar-refractivity contribution in [2.75, 3.05) is 0 Å². The predicted octanol–water partition coefficient (Wildman–Crippen LogP) is 5.67. The van der Waals surface area contributed by atoms with Crippen molar-refractivity contribution in [2.45, 2.75) is 13.8 Å². The highest BCUT2D eigenvalue weighted by Gasteiger charge is 2.12. The van der Waals surface area contributed by atoms with Crippen LogP contribution in [0.1, 0.15) is 22.5 Å². The molecule has 0 unspecified atom stereocenters. The number of nitro benzene ring substituents is 1. The van der Waals surface area contributed by atoms with E-state index in [1.807, 2.05) is 26.0 Å². The van der Waals surface area contributed by atoms with Gasteiger partial charge in [0.05, 0.1) is 16.6 Å². The van der Waals surface area contributed by atoms with Gasteiger partial charge in [-0.2, -0.15) is 5.26 Å². The summed E-state index contributed by atoms with van der Waals surface area (Å²) < 4.78 is 3.32. The van der Waals surface area contributed by atoms with Gasteiger partial charge in [0.1, 0.15) is 0 Å². The smallest absolute Gasteiger partial charge is 0.269 e. The van der Waals surface area contributed by atoms with E-state index < -0.39 is 4.92 Å². The van der Waals surface area contributed by atoms with Gasteiger partial charge in [-0.15, -0.1) is 0 Å². The molecule has 6 heteroatoms. The van der Waals surface area contributed by atoms with Gasteiger partial charge in [0, 0.05) is 32.8 Å². The molecule has 0 N–H and O–H groups in total. The van der Waals surface area contributed by atoms with Gasteiger partial charge in [0.25, 0.3) is 5.69 Å². The highest BCUT2D eigenvalue weighted by atomic mass is 127. The van der Waals surface area contributed by atoms with Crippen LogP contribution in [0.3, 0.4) is 0 Å². The van der Waals surface area contributed by atoms with Gasteiger partial charge in [-0.05, 0) is 96.1 Å². The third-order valence-corrected chi connectivity index (χ3v) is 5.08. The van der Waals surface area contributed by atoms with Crippen LogP contribution in [0.15, 0.2) is 54.6 Å². The van der Waals surface area contributed by atoms with Crippen LogP contribution in [-0.2, 0) is 0 Å². The molecule has 0 saturated carbocycles. The molecule has 2 aromatic carbocycles. The fourth-order valence-corrected chi connectivity index (χ4v) is 3.38. The molecular weight excluding hydrogens is 453 g/mol. The molecule has 1 heterocycles. The van der Waals surface area contributed by atoms with Crippen molar-refractivity contribution in [3.8, 4) is 11.8 Å². The Labute approximate surface area is 170 Å². The van der Waals surface area contributed by atoms with E-state index in [0.717, 1.165) is 22.6 Å². The summed E-state index contributed by atoms with van der Waals surface area (Å²) in [4.78, 5) is 10.4. The molecule has 3 aromatic rings. The SMILES string of the molecule is Cc1cc(/C=C(\C#N)c2ccc([N+](=O)[O-])cc2)c(C)n1-c1ccc(I)cc1. The van der Waals surface area contributed by atoms with Gasteiger partial charge in [-0.1, -0.05) is 0 Å². The van der Waals surface area contributed by atoms with Crippen molar-refractivity contribution in [3.63, 3.8) is 0 Å². The molecule has 0 amide bonds.